The highest BCUT2D eigenvalue weighted by molar-refractivity contribution is 5.83. The second kappa shape index (κ2) is 3.30. The lowest BCUT2D eigenvalue weighted by molar-refractivity contribution is -0.134. The zero-order valence-corrected chi connectivity index (χ0v) is 10.8. The highest BCUT2D eigenvalue weighted by atomic mass is 16.2. The number of carbonyl (C=O) groups is 1. The fraction of sp³-hybridized carbons (Fsp3) is 0.933. The summed E-state index contributed by atoms with van der Waals surface area (Å²) in [5, 5.41) is 3.45. The van der Waals surface area contributed by atoms with Gasteiger partial charge in [0.25, 0.3) is 0 Å². The van der Waals surface area contributed by atoms with Gasteiger partial charge in [-0.3, -0.25) is 4.79 Å². The van der Waals surface area contributed by atoms with Gasteiger partial charge in [-0.2, -0.15) is 0 Å². The van der Waals surface area contributed by atoms with E-state index >= 15 is 0 Å². The molecule has 98 valence electrons. The summed E-state index contributed by atoms with van der Waals surface area (Å²) >= 11 is 0. The SMILES string of the molecule is O=C(C1C2C3CCC(C3)C12)N1CC[C@H]2CNC[C@H]21. The van der Waals surface area contributed by atoms with Crippen molar-refractivity contribution in [2.75, 3.05) is 19.6 Å². The standard InChI is InChI=1S/C15H22N2O/c18-15(17-4-3-10-6-16-7-11(10)17)14-12-8-1-2-9(5-8)13(12)14/h8-14,16H,1-7H2/t8?,9?,10-,11+,12?,13?,14?/m0/s1. The maximum Gasteiger partial charge on any atom is 0.226 e. The molecule has 6 atom stereocenters. The van der Waals surface area contributed by atoms with Crippen molar-refractivity contribution in [3.63, 3.8) is 0 Å². The minimum absolute atomic E-state index is 0.454. The normalized spacial score (nSPS) is 55.8. The summed E-state index contributed by atoms with van der Waals surface area (Å²) in [5.41, 5.74) is 0. The van der Waals surface area contributed by atoms with Crippen molar-refractivity contribution in [1.29, 1.82) is 0 Å². The molecule has 3 saturated carbocycles. The molecular formula is C15H22N2O. The number of carbonyl (C=O) groups excluding carboxylic acids is 1. The Kier molecular flexibility index (Phi) is 1.88. The highest BCUT2D eigenvalue weighted by Gasteiger charge is 2.68. The molecule has 0 aromatic carbocycles. The van der Waals surface area contributed by atoms with E-state index in [4.69, 9.17) is 0 Å². The molecule has 0 aromatic heterocycles. The molecule has 2 bridgehead atoms. The molecule has 0 radical (unpaired) electrons. The van der Waals surface area contributed by atoms with Gasteiger partial charge >= 0.3 is 0 Å². The van der Waals surface area contributed by atoms with E-state index in [1.165, 1.54) is 25.7 Å². The predicted molar refractivity (Wildman–Crippen MR) is 67.8 cm³/mol. The van der Waals surface area contributed by atoms with Gasteiger partial charge in [-0.05, 0) is 55.3 Å². The summed E-state index contributed by atoms with van der Waals surface area (Å²) in [6.07, 6.45) is 5.53. The van der Waals surface area contributed by atoms with Gasteiger partial charge < -0.3 is 10.2 Å². The second-order valence-corrected chi connectivity index (χ2v) is 7.32. The van der Waals surface area contributed by atoms with Crippen LogP contribution < -0.4 is 5.32 Å². The molecule has 5 fully saturated rings. The first-order valence-corrected chi connectivity index (χ1v) is 7.86. The van der Waals surface area contributed by atoms with E-state index in [0.717, 1.165) is 49.2 Å². The maximum atomic E-state index is 12.8. The van der Waals surface area contributed by atoms with E-state index in [1.54, 1.807) is 0 Å². The van der Waals surface area contributed by atoms with E-state index in [9.17, 15) is 4.79 Å². The highest BCUT2D eigenvalue weighted by Crippen LogP contribution is 2.69. The van der Waals surface area contributed by atoms with Gasteiger partial charge in [0.15, 0.2) is 0 Å². The molecule has 0 spiro atoms. The Labute approximate surface area is 108 Å². The Bertz CT molecular complexity index is 393. The summed E-state index contributed by atoms with van der Waals surface area (Å²) in [6.45, 7) is 3.23. The van der Waals surface area contributed by atoms with Crippen molar-refractivity contribution in [1.82, 2.24) is 10.2 Å². The average Bonchev–Trinajstić information content (AvgIpc) is 2.86. The van der Waals surface area contributed by atoms with Crippen LogP contribution >= 0.6 is 0 Å². The zero-order valence-electron chi connectivity index (χ0n) is 10.8. The molecule has 1 N–H and O–H groups in total. The van der Waals surface area contributed by atoms with E-state index in [2.05, 4.69) is 10.2 Å². The van der Waals surface area contributed by atoms with Crippen molar-refractivity contribution in [3.8, 4) is 0 Å². The smallest absolute Gasteiger partial charge is 0.226 e. The lowest BCUT2D eigenvalue weighted by Crippen LogP contribution is -2.40. The van der Waals surface area contributed by atoms with Gasteiger partial charge in [0.05, 0.1) is 0 Å². The Hall–Kier alpha value is -0.570. The number of nitrogens with one attached hydrogen (secondary N) is 1. The van der Waals surface area contributed by atoms with E-state index in [1.807, 2.05) is 0 Å². The first-order chi connectivity index (χ1) is 8.84. The van der Waals surface area contributed by atoms with Crippen LogP contribution in [-0.4, -0.2) is 36.5 Å². The van der Waals surface area contributed by atoms with E-state index < -0.39 is 0 Å². The van der Waals surface area contributed by atoms with Crippen LogP contribution in [0.4, 0.5) is 0 Å². The maximum absolute atomic E-state index is 12.8. The van der Waals surface area contributed by atoms with Crippen molar-refractivity contribution in [3.05, 3.63) is 0 Å². The van der Waals surface area contributed by atoms with Gasteiger partial charge in [-0.25, -0.2) is 0 Å². The first kappa shape index (κ1) is 10.2. The molecule has 2 saturated heterocycles. The number of hydrogen-bond donors (Lipinski definition) is 1. The third kappa shape index (κ3) is 1.13. The summed E-state index contributed by atoms with van der Waals surface area (Å²) in [6, 6.07) is 0.538. The molecular weight excluding hydrogens is 224 g/mol. The third-order valence-corrected chi connectivity index (χ3v) is 6.75. The van der Waals surface area contributed by atoms with Gasteiger partial charge in [-0.15, -0.1) is 0 Å². The van der Waals surface area contributed by atoms with Crippen molar-refractivity contribution < 1.29 is 4.79 Å². The molecule has 3 nitrogen and oxygen atoms in total. The summed E-state index contributed by atoms with van der Waals surface area (Å²) in [7, 11) is 0. The Morgan fingerprint density at radius 1 is 1.00 bits per heavy atom. The fourth-order valence-corrected chi connectivity index (χ4v) is 5.97. The van der Waals surface area contributed by atoms with Crippen LogP contribution in [-0.2, 0) is 4.79 Å². The van der Waals surface area contributed by atoms with Crippen LogP contribution in [0.3, 0.4) is 0 Å². The lowest BCUT2D eigenvalue weighted by Gasteiger charge is -2.24. The molecule has 3 aliphatic carbocycles. The third-order valence-electron chi connectivity index (χ3n) is 6.75. The Balaban J connectivity index is 1.35. The minimum atomic E-state index is 0.454. The summed E-state index contributed by atoms with van der Waals surface area (Å²) < 4.78 is 0. The molecule has 5 rings (SSSR count). The number of fused-ring (bicyclic) bond motifs is 6. The van der Waals surface area contributed by atoms with Crippen molar-refractivity contribution in [2.45, 2.75) is 31.7 Å². The molecule has 2 heterocycles. The summed E-state index contributed by atoms with van der Waals surface area (Å²) in [4.78, 5) is 15.0. The average molecular weight is 246 g/mol. The Morgan fingerprint density at radius 2 is 1.78 bits per heavy atom. The van der Waals surface area contributed by atoms with Crippen LogP contribution in [0.15, 0.2) is 0 Å². The molecule has 5 aliphatic rings. The van der Waals surface area contributed by atoms with Gasteiger partial charge in [0.2, 0.25) is 5.91 Å². The molecule has 1 amide bonds. The molecule has 0 aromatic rings. The van der Waals surface area contributed by atoms with Gasteiger partial charge in [-0.1, -0.05) is 0 Å². The molecule has 4 unspecified atom stereocenters. The monoisotopic (exact) mass is 246 g/mol. The van der Waals surface area contributed by atoms with Crippen molar-refractivity contribution in [2.24, 2.45) is 35.5 Å². The van der Waals surface area contributed by atoms with Gasteiger partial charge in [0, 0.05) is 31.6 Å². The minimum Gasteiger partial charge on any atom is -0.338 e. The van der Waals surface area contributed by atoms with Crippen molar-refractivity contribution >= 4 is 5.91 Å². The number of nitrogens with zero attached hydrogens (tertiary/aromatic N) is 1. The van der Waals surface area contributed by atoms with Crippen LogP contribution in [0.2, 0.25) is 0 Å². The molecule has 3 heteroatoms. The second-order valence-electron chi connectivity index (χ2n) is 7.32. The van der Waals surface area contributed by atoms with E-state index in [0.29, 0.717) is 17.9 Å². The zero-order chi connectivity index (χ0) is 11.9. The van der Waals surface area contributed by atoms with E-state index in [-0.39, 0.29) is 0 Å². The number of hydrogen-bond acceptors (Lipinski definition) is 2. The number of rotatable bonds is 1. The van der Waals surface area contributed by atoms with Crippen LogP contribution in [0.25, 0.3) is 0 Å². The fourth-order valence-electron chi connectivity index (χ4n) is 5.97. The summed E-state index contributed by atoms with van der Waals surface area (Å²) in [5.74, 6) is 5.22. The van der Waals surface area contributed by atoms with Crippen LogP contribution in [0.1, 0.15) is 25.7 Å². The van der Waals surface area contributed by atoms with Crippen LogP contribution in [0, 0.1) is 35.5 Å². The topological polar surface area (TPSA) is 32.3 Å². The molecule has 2 aliphatic heterocycles. The quantitative estimate of drug-likeness (QED) is 0.751. The predicted octanol–water partition coefficient (Wildman–Crippen LogP) is 1.10. The largest absolute Gasteiger partial charge is 0.338 e. The van der Waals surface area contributed by atoms with Crippen LogP contribution in [0.5, 0.6) is 0 Å². The number of likely N-dealkylation sites (tertiary alicyclic amines) is 1. The lowest BCUT2D eigenvalue weighted by atomic mass is 10.0. The number of amides is 1. The Morgan fingerprint density at radius 3 is 2.56 bits per heavy atom. The molecule has 18 heavy (non-hydrogen) atoms. The first-order valence-electron chi connectivity index (χ1n) is 7.86. The van der Waals surface area contributed by atoms with Gasteiger partial charge in [0.1, 0.15) is 0 Å².